The van der Waals surface area contributed by atoms with Gasteiger partial charge in [0.1, 0.15) is 4.83 Å². The Bertz CT molecular complexity index is 1160. The second-order valence-electron chi connectivity index (χ2n) is 6.08. The van der Waals surface area contributed by atoms with Crippen LogP contribution < -0.4 is 5.56 Å². The molecule has 26 heavy (non-hydrogen) atoms. The maximum absolute atomic E-state index is 12.8. The van der Waals surface area contributed by atoms with Gasteiger partial charge in [-0.25, -0.2) is 4.98 Å². The summed E-state index contributed by atoms with van der Waals surface area (Å²) in [6.45, 7) is 0. The summed E-state index contributed by atoms with van der Waals surface area (Å²) in [6.07, 6.45) is 4.73. The normalized spacial score (nSPS) is 13.6. The molecular formula is C17H14N4O3S2. The first-order chi connectivity index (χ1) is 12.7. The van der Waals surface area contributed by atoms with Crippen molar-refractivity contribution < 1.29 is 8.94 Å². The molecule has 0 fully saturated rings. The van der Waals surface area contributed by atoms with Crippen LogP contribution in [0.4, 0.5) is 0 Å². The fourth-order valence-electron chi connectivity index (χ4n) is 3.18. The van der Waals surface area contributed by atoms with Crippen molar-refractivity contribution in [2.75, 3.05) is 0 Å². The van der Waals surface area contributed by atoms with Gasteiger partial charge in [0, 0.05) is 11.9 Å². The molecule has 4 heterocycles. The Labute approximate surface area is 156 Å². The lowest BCUT2D eigenvalue weighted by atomic mass is 10.2. The molecule has 0 amide bonds. The predicted octanol–water partition coefficient (Wildman–Crippen LogP) is 3.42. The number of thioether (sulfide) groups is 1. The maximum Gasteiger partial charge on any atom is 0.293 e. The molecule has 0 spiro atoms. The second kappa shape index (κ2) is 6.10. The molecule has 0 atom stereocenters. The number of furan rings is 1. The van der Waals surface area contributed by atoms with E-state index in [9.17, 15) is 4.79 Å². The van der Waals surface area contributed by atoms with Gasteiger partial charge in [-0.15, -0.1) is 11.3 Å². The van der Waals surface area contributed by atoms with Crippen LogP contribution in [0.2, 0.25) is 0 Å². The highest BCUT2D eigenvalue weighted by atomic mass is 32.2. The summed E-state index contributed by atoms with van der Waals surface area (Å²) in [4.78, 5) is 24.0. The Kier molecular flexibility index (Phi) is 3.71. The molecule has 0 bridgehead atoms. The van der Waals surface area contributed by atoms with Crippen LogP contribution in [0, 0.1) is 0 Å². The van der Waals surface area contributed by atoms with Crippen LogP contribution in [0.5, 0.6) is 0 Å². The number of thiophene rings is 1. The van der Waals surface area contributed by atoms with Crippen molar-refractivity contribution in [1.29, 1.82) is 0 Å². The van der Waals surface area contributed by atoms with Crippen molar-refractivity contribution in [3.63, 3.8) is 0 Å². The Morgan fingerprint density at radius 1 is 1.35 bits per heavy atom. The number of rotatable bonds is 4. The summed E-state index contributed by atoms with van der Waals surface area (Å²) in [5.41, 5.74) is 1.23. The average Bonchev–Trinajstić information content (AvgIpc) is 3.40. The molecule has 5 rings (SSSR count). The first-order valence-corrected chi connectivity index (χ1v) is 10.0. The van der Waals surface area contributed by atoms with Gasteiger partial charge in [-0.1, -0.05) is 16.9 Å². The van der Waals surface area contributed by atoms with Gasteiger partial charge < -0.3 is 8.94 Å². The second-order valence-corrected chi connectivity index (χ2v) is 8.10. The zero-order valence-corrected chi connectivity index (χ0v) is 15.5. The van der Waals surface area contributed by atoms with E-state index in [0.717, 1.165) is 29.5 Å². The Morgan fingerprint density at radius 3 is 3.12 bits per heavy atom. The van der Waals surface area contributed by atoms with E-state index >= 15 is 0 Å². The predicted molar refractivity (Wildman–Crippen MR) is 98.4 cm³/mol. The van der Waals surface area contributed by atoms with Gasteiger partial charge in [-0.2, -0.15) is 4.98 Å². The SMILES string of the molecule is Cn1c(SCc2noc(-c3ccco3)n2)nc2sc3c(c2c1=O)CCC3. The lowest BCUT2D eigenvalue weighted by molar-refractivity contribution is 0.411. The summed E-state index contributed by atoms with van der Waals surface area (Å²) >= 11 is 3.07. The van der Waals surface area contributed by atoms with Crippen LogP contribution in [-0.2, 0) is 25.6 Å². The topological polar surface area (TPSA) is 86.9 Å². The summed E-state index contributed by atoms with van der Waals surface area (Å²) < 4.78 is 12.1. The molecule has 0 saturated heterocycles. The molecule has 0 aliphatic heterocycles. The van der Waals surface area contributed by atoms with E-state index in [4.69, 9.17) is 13.9 Å². The largest absolute Gasteiger partial charge is 0.459 e. The first kappa shape index (κ1) is 15.8. The van der Waals surface area contributed by atoms with Gasteiger partial charge in [0.25, 0.3) is 11.4 Å². The van der Waals surface area contributed by atoms with Gasteiger partial charge in [0.05, 0.1) is 17.4 Å². The molecule has 9 heteroatoms. The maximum atomic E-state index is 12.8. The van der Waals surface area contributed by atoms with E-state index in [1.807, 2.05) is 0 Å². The van der Waals surface area contributed by atoms with Crippen LogP contribution in [0.25, 0.3) is 21.9 Å². The van der Waals surface area contributed by atoms with Gasteiger partial charge in [-0.05, 0) is 37.0 Å². The van der Waals surface area contributed by atoms with Crippen LogP contribution in [0.1, 0.15) is 22.7 Å². The van der Waals surface area contributed by atoms with E-state index < -0.39 is 0 Å². The third-order valence-electron chi connectivity index (χ3n) is 4.44. The van der Waals surface area contributed by atoms with Crippen LogP contribution in [0.15, 0.2) is 37.3 Å². The van der Waals surface area contributed by atoms with Crippen molar-refractivity contribution in [1.82, 2.24) is 19.7 Å². The first-order valence-electron chi connectivity index (χ1n) is 8.21. The number of fused-ring (bicyclic) bond motifs is 3. The molecule has 0 aromatic carbocycles. The fourth-order valence-corrected chi connectivity index (χ4v) is 5.29. The van der Waals surface area contributed by atoms with Gasteiger partial charge >= 0.3 is 0 Å². The lowest BCUT2D eigenvalue weighted by Crippen LogP contribution is -2.20. The molecule has 0 N–H and O–H groups in total. The van der Waals surface area contributed by atoms with E-state index in [1.54, 1.807) is 41.3 Å². The summed E-state index contributed by atoms with van der Waals surface area (Å²) in [7, 11) is 1.76. The molecule has 7 nitrogen and oxygen atoms in total. The molecule has 4 aromatic heterocycles. The quantitative estimate of drug-likeness (QED) is 0.392. The minimum absolute atomic E-state index is 0.0290. The van der Waals surface area contributed by atoms with Crippen molar-refractivity contribution in [2.24, 2.45) is 7.05 Å². The summed E-state index contributed by atoms with van der Waals surface area (Å²) in [6, 6.07) is 3.53. The third-order valence-corrected chi connectivity index (χ3v) is 6.65. The van der Waals surface area contributed by atoms with Crippen LogP contribution in [0.3, 0.4) is 0 Å². The van der Waals surface area contributed by atoms with Crippen molar-refractivity contribution >= 4 is 33.3 Å². The van der Waals surface area contributed by atoms with Crippen LogP contribution in [-0.4, -0.2) is 19.7 Å². The summed E-state index contributed by atoms with van der Waals surface area (Å²) in [5, 5.41) is 5.42. The molecular weight excluding hydrogens is 372 g/mol. The minimum atomic E-state index is 0.0290. The molecule has 4 aromatic rings. The highest BCUT2D eigenvalue weighted by Gasteiger charge is 2.22. The van der Waals surface area contributed by atoms with Crippen molar-refractivity contribution in [3.05, 3.63) is 45.0 Å². The number of hydrogen-bond donors (Lipinski definition) is 0. The van der Waals surface area contributed by atoms with Crippen molar-refractivity contribution in [3.8, 4) is 11.7 Å². The van der Waals surface area contributed by atoms with Gasteiger partial charge in [-0.3, -0.25) is 9.36 Å². The summed E-state index contributed by atoms with van der Waals surface area (Å²) in [5.74, 6) is 1.87. The lowest BCUT2D eigenvalue weighted by Gasteiger charge is -2.06. The highest BCUT2D eigenvalue weighted by molar-refractivity contribution is 7.98. The van der Waals surface area contributed by atoms with Gasteiger partial charge in [0.2, 0.25) is 0 Å². The standard InChI is InChI=1S/C17H14N4O3S2/c1-21-16(22)13-9-4-2-6-11(9)26-15(13)19-17(21)25-8-12-18-14(24-20-12)10-5-3-7-23-10/h3,5,7H,2,4,6,8H2,1H3. The number of hydrogen-bond acceptors (Lipinski definition) is 8. The zero-order valence-electron chi connectivity index (χ0n) is 13.9. The average molecular weight is 386 g/mol. The number of aryl methyl sites for hydroxylation is 2. The monoisotopic (exact) mass is 386 g/mol. The van der Waals surface area contributed by atoms with E-state index in [0.29, 0.717) is 28.4 Å². The smallest absolute Gasteiger partial charge is 0.293 e. The van der Waals surface area contributed by atoms with E-state index in [-0.39, 0.29) is 5.56 Å². The number of nitrogens with zero attached hydrogens (tertiary/aromatic N) is 4. The van der Waals surface area contributed by atoms with E-state index in [2.05, 4.69) is 10.1 Å². The molecule has 0 radical (unpaired) electrons. The Balaban J connectivity index is 1.43. The third kappa shape index (κ3) is 2.50. The minimum Gasteiger partial charge on any atom is -0.459 e. The Morgan fingerprint density at radius 2 is 2.27 bits per heavy atom. The number of aromatic nitrogens is 4. The molecule has 1 aliphatic rings. The van der Waals surface area contributed by atoms with Gasteiger partial charge in [0.15, 0.2) is 16.7 Å². The fraction of sp³-hybridized carbons (Fsp3) is 0.294. The molecule has 1 aliphatic carbocycles. The molecule has 132 valence electrons. The zero-order chi connectivity index (χ0) is 17.7. The Hall–Kier alpha value is -2.39. The highest BCUT2D eigenvalue weighted by Crippen LogP contribution is 2.35. The van der Waals surface area contributed by atoms with E-state index in [1.165, 1.54) is 22.2 Å². The molecule has 0 unspecified atom stereocenters. The van der Waals surface area contributed by atoms with Crippen LogP contribution >= 0.6 is 23.1 Å². The van der Waals surface area contributed by atoms with Crippen molar-refractivity contribution in [2.45, 2.75) is 30.2 Å². The molecule has 0 saturated carbocycles.